The largest absolute Gasteiger partial charge is 0.396 e. The maximum absolute atomic E-state index is 8.87. The van der Waals surface area contributed by atoms with E-state index in [9.17, 15) is 0 Å². The van der Waals surface area contributed by atoms with Crippen LogP contribution in [0.4, 0.5) is 0 Å². The molecule has 0 spiro atoms. The number of aliphatic hydroxyl groups is 1. The Morgan fingerprint density at radius 3 is 2.75 bits per heavy atom. The Morgan fingerprint density at radius 2 is 2.17 bits per heavy atom. The first-order valence-electron chi connectivity index (χ1n) is 5.03. The molecular formula is C11H20O. The van der Waals surface area contributed by atoms with Crippen LogP contribution in [0.5, 0.6) is 0 Å². The zero-order chi connectivity index (χ0) is 8.97. The predicted molar refractivity (Wildman–Crippen MR) is 51.9 cm³/mol. The molecule has 1 aliphatic carbocycles. The fraction of sp³-hybridized carbons (Fsp3) is 0.818. The SMILES string of the molecule is C/C=C/C1C(C)CCC1CCO. The van der Waals surface area contributed by atoms with E-state index in [4.69, 9.17) is 5.11 Å². The van der Waals surface area contributed by atoms with E-state index in [0.29, 0.717) is 6.61 Å². The maximum atomic E-state index is 8.87. The van der Waals surface area contributed by atoms with Crippen LogP contribution in [-0.4, -0.2) is 11.7 Å². The van der Waals surface area contributed by atoms with Gasteiger partial charge >= 0.3 is 0 Å². The minimum absolute atomic E-state index is 0.353. The van der Waals surface area contributed by atoms with Crippen LogP contribution in [-0.2, 0) is 0 Å². The molecule has 1 aliphatic rings. The third-order valence-corrected chi connectivity index (χ3v) is 3.11. The molecule has 1 heteroatoms. The number of hydrogen-bond acceptors (Lipinski definition) is 1. The van der Waals surface area contributed by atoms with Crippen LogP contribution in [0.2, 0.25) is 0 Å². The summed E-state index contributed by atoms with van der Waals surface area (Å²) in [6.45, 7) is 4.76. The van der Waals surface area contributed by atoms with Gasteiger partial charge < -0.3 is 5.11 Å². The Morgan fingerprint density at radius 1 is 1.42 bits per heavy atom. The maximum Gasteiger partial charge on any atom is 0.0433 e. The summed E-state index contributed by atoms with van der Waals surface area (Å²) in [5.74, 6) is 2.28. The minimum atomic E-state index is 0.353. The Kier molecular flexibility index (Phi) is 3.80. The molecule has 0 amide bonds. The highest BCUT2D eigenvalue weighted by atomic mass is 16.3. The lowest BCUT2D eigenvalue weighted by Crippen LogP contribution is -2.11. The molecule has 70 valence electrons. The molecule has 0 radical (unpaired) electrons. The summed E-state index contributed by atoms with van der Waals surface area (Å²) in [5.41, 5.74) is 0. The van der Waals surface area contributed by atoms with Gasteiger partial charge in [-0.2, -0.15) is 0 Å². The van der Waals surface area contributed by atoms with Crippen molar-refractivity contribution >= 4 is 0 Å². The van der Waals surface area contributed by atoms with Crippen molar-refractivity contribution in [1.82, 2.24) is 0 Å². The second-order valence-corrected chi connectivity index (χ2v) is 3.93. The van der Waals surface area contributed by atoms with Gasteiger partial charge in [0, 0.05) is 6.61 Å². The van der Waals surface area contributed by atoms with Gasteiger partial charge in [0.25, 0.3) is 0 Å². The van der Waals surface area contributed by atoms with Gasteiger partial charge in [0.2, 0.25) is 0 Å². The fourth-order valence-electron chi connectivity index (χ4n) is 2.40. The van der Waals surface area contributed by atoms with Gasteiger partial charge in [0.1, 0.15) is 0 Å². The van der Waals surface area contributed by atoms with Gasteiger partial charge in [0.05, 0.1) is 0 Å². The first kappa shape index (κ1) is 9.79. The van der Waals surface area contributed by atoms with Crippen molar-refractivity contribution in [2.24, 2.45) is 17.8 Å². The van der Waals surface area contributed by atoms with E-state index in [1.54, 1.807) is 0 Å². The van der Waals surface area contributed by atoms with Crippen LogP contribution < -0.4 is 0 Å². The third kappa shape index (κ3) is 2.10. The number of aliphatic hydroxyl groups excluding tert-OH is 1. The lowest BCUT2D eigenvalue weighted by molar-refractivity contribution is 0.240. The molecule has 3 atom stereocenters. The molecule has 1 N–H and O–H groups in total. The molecule has 1 rings (SSSR count). The lowest BCUT2D eigenvalue weighted by atomic mass is 9.88. The molecule has 3 unspecified atom stereocenters. The molecule has 0 aromatic rings. The fourth-order valence-corrected chi connectivity index (χ4v) is 2.40. The number of hydrogen-bond donors (Lipinski definition) is 1. The van der Waals surface area contributed by atoms with E-state index >= 15 is 0 Å². The quantitative estimate of drug-likeness (QED) is 0.642. The first-order valence-corrected chi connectivity index (χ1v) is 5.03. The van der Waals surface area contributed by atoms with Crippen molar-refractivity contribution in [3.05, 3.63) is 12.2 Å². The number of rotatable bonds is 3. The normalized spacial score (nSPS) is 36.4. The number of allylic oxidation sites excluding steroid dienone is 2. The highest BCUT2D eigenvalue weighted by Gasteiger charge is 2.30. The Bertz CT molecular complexity index is 149. The van der Waals surface area contributed by atoms with Crippen molar-refractivity contribution < 1.29 is 5.11 Å². The Balaban J connectivity index is 2.51. The summed E-state index contributed by atoms with van der Waals surface area (Å²) in [6.07, 6.45) is 8.09. The molecule has 1 nitrogen and oxygen atoms in total. The van der Waals surface area contributed by atoms with E-state index in [2.05, 4.69) is 26.0 Å². The van der Waals surface area contributed by atoms with Crippen molar-refractivity contribution in [2.45, 2.75) is 33.1 Å². The predicted octanol–water partition coefficient (Wildman–Crippen LogP) is 2.61. The molecule has 0 saturated heterocycles. The van der Waals surface area contributed by atoms with Crippen molar-refractivity contribution in [2.75, 3.05) is 6.61 Å². The van der Waals surface area contributed by atoms with Gasteiger partial charge in [0.15, 0.2) is 0 Å². The molecule has 1 fully saturated rings. The topological polar surface area (TPSA) is 20.2 Å². The van der Waals surface area contributed by atoms with Crippen molar-refractivity contribution in [3.63, 3.8) is 0 Å². The van der Waals surface area contributed by atoms with Crippen LogP contribution in [0.25, 0.3) is 0 Å². The van der Waals surface area contributed by atoms with Crippen LogP contribution in [0.1, 0.15) is 33.1 Å². The third-order valence-electron chi connectivity index (χ3n) is 3.11. The zero-order valence-corrected chi connectivity index (χ0v) is 8.16. The standard InChI is InChI=1S/C11H20O/c1-3-4-11-9(2)5-6-10(11)7-8-12/h3-4,9-12H,5-8H2,1-2H3/b4-3+. The molecular weight excluding hydrogens is 148 g/mol. The summed E-state index contributed by atoms with van der Waals surface area (Å²) >= 11 is 0. The summed E-state index contributed by atoms with van der Waals surface area (Å²) in [4.78, 5) is 0. The minimum Gasteiger partial charge on any atom is -0.396 e. The van der Waals surface area contributed by atoms with Crippen LogP contribution >= 0.6 is 0 Å². The summed E-state index contributed by atoms with van der Waals surface area (Å²) in [6, 6.07) is 0. The average Bonchev–Trinajstić information content (AvgIpc) is 2.37. The van der Waals surface area contributed by atoms with Gasteiger partial charge in [-0.25, -0.2) is 0 Å². The van der Waals surface area contributed by atoms with E-state index in [-0.39, 0.29) is 0 Å². The molecule has 0 bridgehead atoms. The lowest BCUT2D eigenvalue weighted by Gasteiger charge is -2.18. The van der Waals surface area contributed by atoms with Crippen molar-refractivity contribution in [3.8, 4) is 0 Å². The first-order chi connectivity index (χ1) is 5.79. The smallest absolute Gasteiger partial charge is 0.0433 e. The molecule has 12 heavy (non-hydrogen) atoms. The van der Waals surface area contributed by atoms with E-state index in [1.165, 1.54) is 12.8 Å². The van der Waals surface area contributed by atoms with Gasteiger partial charge in [-0.3, -0.25) is 0 Å². The molecule has 0 aliphatic heterocycles. The second kappa shape index (κ2) is 4.66. The highest BCUT2D eigenvalue weighted by Crippen LogP contribution is 2.39. The van der Waals surface area contributed by atoms with Crippen molar-refractivity contribution in [1.29, 1.82) is 0 Å². The van der Waals surface area contributed by atoms with Gasteiger partial charge in [-0.05, 0) is 43.9 Å². The monoisotopic (exact) mass is 168 g/mol. The van der Waals surface area contributed by atoms with E-state index in [0.717, 1.165) is 24.2 Å². The Labute approximate surface area is 75.5 Å². The zero-order valence-electron chi connectivity index (χ0n) is 8.16. The van der Waals surface area contributed by atoms with E-state index in [1.807, 2.05) is 0 Å². The summed E-state index contributed by atoms with van der Waals surface area (Å²) in [5, 5.41) is 8.87. The average molecular weight is 168 g/mol. The molecule has 1 saturated carbocycles. The van der Waals surface area contributed by atoms with Gasteiger partial charge in [-0.15, -0.1) is 0 Å². The molecule has 0 aromatic carbocycles. The highest BCUT2D eigenvalue weighted by molar-refractivity contribution is 4.96. The second-order valence-electron chi connectivity index (χ2n) is 3.93. The van der Waals surface area contributed by atoms with Crippen LogP contribution in [0, 0.1) is 17.8 Å². The van der Waals surface area contributed by atoms with Gasteiger partial charge in [-0.1, -0.05) is 19.1 Å². The van der Waals surface area contributed by atoms with Crippen LogP contribution in [0.3, 0.4) is 0 Å². The van der Waals surface area contributed by atoms with E-state index < -0.39 is 0 Å². The summed E-state index contributed by atoms with van der Waals surface area (Å²) in [7, 11) is 0. The molecule has 0 aromatic heterocycles. The molecule has 0 heterocycles. The summed E-state index contributed by atoms with van der Waals surface area (Å²) < 4.78 is 0. The Hall–Kier alpha value is -0.300. The van der Waals surface area contributed by atoms with Crippen LogP contribution in [0.15, 0.2) is 12.2 Å².